The number of benzene rings is 3. The quantitative estimate of drug-likeness (QED) is 0.272. The van der Waals surface area contributed by atoms with Gasteiger partial charge >= 0.3 is 12.0 Å². The molecule has 2 atom stereocenters. The minimum Gasteiger partial charge on any atom is -0.463 e. The van der Waals surface area contributed by atoms with Crippen LogP contribution in [0.4, 0.5) is 4.79 Å². The number of rotatable bonds is 5. The van der Waals surface area contributed by atoms with Gasteiger partial charge in [0.25, 0.3) is 0 Å². The van der Waals surface area contributed by atoms with Crippen molar-refractivity contribution in [2.75, 3.05) is 0 Å². The van der Waals surface area contributed by atoms with Gasteiger partial charge < -0.3 is 15.0 Å². The predicted molar refractivity (Wildman–Crippen MR) is 138 cm³/mol. The molecule has 0 aliphatic rings. The Bertz CT molecular complexity index is 1490. The number of nitrogens with two attached hydrogens (primary N) is 1. The van der Waals surface area contributed by atoms with Crippen LogP contribution in [0.25, 0.3) is 32.2 Å². The van der Waals surface area contributed by atoms with Gasteiger partial charge in [-0.2, -0.15) is 0 Å². The second kappa shape index (κ2) is 9.27. The molecule has 0 radical (unpaired) electrons. The highest BCUT2D eigenvalue weighted by atomic mass is 32.1. The van der Waals surface area contributed by atoms with Crippen LogP contribution in [-0.2, 0) is 9.63 Å². The number of furan rings is 1. The van der Waals surface area contributed by atoms with Crippen molar-refractivity contribution < 1.29 is 18.8 Å². The number of carbonyl (C=O) groups is 2. The summed E-state index contributed by atoms with van der Waals surface area (Å²) in [5.41, 5.74) is 8.86. The molecule has 0 spiro atoms. The molecule has 6 nitrogen and oxygen atoms in total. The molecule has 0 saturated heterocycles. The number of fused-ring (bicyclic) bond motifs is 2. The third-order valence-corrected chi connectivity index (χ3v) is 7.44. The Labute approximate surface area is 206 Å². The van der Waals surface area contributed by atoms with Crippen molar-refractivity contribution in [3.63, 3.8) is 0 Å². The van der Waals surface area contributed by atoms with Crippen molar-refractivity contribution >= 4 is 44.4 Å². The smallest absolute Gasteiger partial charge is 0.348 e. The number of hydrogen-bond donors (Lipinski definition) is 1. The van der Waals surface area contributed by atoms with Crippen molar-refractivity contribution in [2.45, 2.75) is 25.8 Å². The number of hydroxylamine groups is 2. The topological polar surface area (TPSA) is 85.8 Å². The highest BCUT2D eigenvalue weighted by Gasteiger charge is 2.30. The van der Waals surface area contributed by atoms with Gasteiger partial charge in [0.05, 0.1) is 12.2 Å². The zero-order valence-corrected chi connectivity index (χ0v) is 20.1. The normalized spacial score (nSPS) is 13.0. The van der Waals surface area contributed by atoms with Crippen molar-refractivity contribution in [3.05, 3.63) is 95.6 Å². The van der Waals surface area contributed by atoms with E-state index < -0.39 is 24.0 Å². The van der Waals surface area contributed by atoms with E-state index in [2.05, 4.69) is 0 Å². The highest BCUT2D eigenvalue weighted by molar-refractivity contribution is 7.19. The van der Waals surface area contributed by atoms with Gasteiger partial charge in [-0.05, 0) is 36.9 Å². The molecule has 2 amide bonds. The van der Waals surface area contributed by atoms with E-state index in [-0.39, 0.29) is 0 Å². The molecule has 176 valence electrons. The molecule has 0 bridgehead atoms. The predicted octanol–water partition coefficient (Wildman–Crippen LogP) is 7.02. The molecule has 5 rings (SSSR count). The lowest BCUT2D eigenvalue weighted by Crippen LogP contribution is -2.40. The third kappa shape index (κ3) is 4.26. The van der Waals surface area contributed by atoms with E-state index in [4.69, 9.17) is 15.0 Å². The molecule has 0 aliphatic carbocycles. The van der Waals surface area contributed by atoms with Crippen LogP contribution >= 0.6 is 11.3 Å². The first-order chi connectivity index (χ1) is 16.9. The molecular formula is C28H24N2O4S. The molecule has 7 heteroatoms. The molecule has 2 heterocycles. The number of amides is 2. The number of primary amides is 1. The van der Waals surface area contributed by atoms with Crippen LogP contribution in [0.5, 0.6) is 0 Å². The Morgan fingerprint density at radius 2 is 1.71 bits per heavy atom. The molecule has 0 fully saturated rings. The Hall–Kier alpha value is -4.10. The van der Waals surface area contributed by atoms with Crippen LogP contribution in [-0.4, -0.2) is 17.1 Å². The van der Waals surface area contributed by atoms with Gasteiger partial charge in [0.2, 0.25) is 0 Å². The standard InChI is InChI=1S/C28H24N2O4S/c1-17(21-12-8-13-22-23(16-33-26(21)22)19-9-4-3-5-10-19)27(31)34-30(28(29)32)18(2)25-15-20-11-6-7-14-24(20)35-25/h3-18H,1-2H3,(H2,29,32). The fraction of sp³-hybridized carbons (Fsp3) is 0.143. The summed E-state index contributed by atoms with van der Waals surface area (Å²) in [4.78, 5) is 31.9. The molecule has 2 N–H and O–H groups in total. The van der Waals surface area contributed by atoms with E-state index in [0.29, 0.717) is 11.1 Å². The summed E-state index contributed by atoms with van der Waals surface area (Å²) in [5.74, 6) is -1.29. The third-order valence-electron chi connectivity index (χ3n) is 6.15. The summed E-state index contributed by atoms with van der Waals surface area (Å²) in [6.07, 6.45) is 1.70. The number of para-hydroxylation sites is 1. The van der Waals surface area contributed by atoms with Crippen LogP contribution in [0.1, 0.15) is 36.2 Å². The first-order valence-electron chi connectivity index (χ1n) is 11.3. The second-order valence-electron chi connectivity index (χ2n) is 8.40. The minimum atomic E-state index is -0.835. The summed E-state index contributed by atoms with van der Waals surface area (Å²) in [6, 6.07) is 24.1. The first kappa shape index (κ1) is 22.7. The molecule has 0 saturated carbocycles. The lowest BCUT2D eigenvalue weighted by atomic mass is 9.97. The van der Waals surface area contributed by atoms with E-state index in [9.17, 15) is 9.59 Å². The Balaban J connectivity index is 1.41. The number of carbonyl (C=O) groups excluding carboxylic acids is 2. The maximum absolute atomic E-state index is 13.2. The van der Waals surface area contributed by atoms with E-state index in [1.54, 1.807) is 20.1 Å². The monoisotopic (exact) mass is 484 g/mol. The van der Waals surface area contributed by atoms with Crippen molar-refractivity contribution in [1.82, 2.24) is 5.06 Å². The number of nitrogens with zero attached hydrogens (tertiary/aromatic N) is 1. The number of hydrogen-bond acceptors (Lipinski definition) is 5. The van der Waals surface area contributed by atoms with Crippen LogP contribution < -0.4 is 5.73 Å². The van der Waals surface area contributed by atoms with Crippen LogP contribution in [0, 0.1) is 0 Å². The Kier molecular flexibility index (Phi) is 6.01. The van der Waals surface area contributed by atoms with E-state index in [0.717, 1.165) is 36.5 Å². The number of thiophene rings is 1. The molecule has 2 aromatic heterocycles. The van der Waals surface area contributed by atoms with E-state index >= 15 is 0 Å². The van der Waals surface area contributed by atoms with Crippen molar-refractivity contribution in [2.24, 2.45) is 5.73 Å². The summed E-state index contributed by atoms with van der Waals surface area (Å²) in [5, 5.41) is 2.90. The Morgan fingerprint density at radius 3 is 2.46 bits per heavy atom. The maximum Gasteiger partial charge on any atom is 0.348 e. The molecular weight excluding hydrogens is 460 g/mol. The molecule has 2 unspecified atom stereocenters. The van der Waals surface area contributed by atoms with Gasteiger partial charge in [-0.25, -0.2) is 9.59 Å². The summed E-state index contributed by atoms with van der Waals surface area (Å²) < 4.78 is 6.98. The van der Waals surface area contributed by atoms with E-state index in [1.165, 1.54) is 11.3 Å². The summed E-state index contributed by atoms with van der Waals surface area (Å²) >= 11 is 1.53. The lowest BCUT2D eigenvalue weighted by Gasteiger charge is -2.26. The SMILES string of the molecule is CC(C(=O)ON(C(N)=O)C(C)c1cc2ccccc2s1)c1cccc2c(-c3ccccc3)coc12. The molecule has 5 aromatic rings. The van der Waals surface area contributed by atoms with Crippen LogP contribution in [0.2, 0.25) is 0 Å². The molecule has 0 aliphatic heterocycles. The lowest BCUT2D eigenvalue weighted by molar-refractivity contribution is -0.185. The van der Waals surface area contributed by atoms with E-state index in [1.807, 2.05) is 78.9 Å². The van der Waals surface area contributed by atoms with Gasteiger partial charge in [-0.3, -0.25) is 0 Å². The highest BCUT2D eigenvalue weighted by Crippen LogP contribution is 2.36. The van der Waals surface area contributed by atoms with Crippen molar-refractivity contribution in [3.8, 4) is 11.1 Å². The van der Waals surface area contributed by atoms with Crippen LogP contribution in [0.3, 0.4) is 0 Å². The maximum atomic E-state index is 13.2. The second-order valence-corrected chi connectivity index (χ2v) is 9.51. The summed E-state index contributed by atoms with van der Waals surface area (Å²) in [7, 11) is 0. The van der Waals surface area contributed by atoms with Crippen molar-refractivity contribution in [1.29, 1.82) is 0 Å². The van der Waals surface area contributed by atoms with Gasteiger partial charge in [0, 0.05) is 26.1 Å². The van der Waals surface area contributed by atoms with Gasteiger partial charge in [0.15, 0.2) is 0 Å². The molecule has 3 aromatic carbocycles. The molecule has 35 heavy (non-hydrogen) atoms. The summed E-state index contributed by atoms with van der Waals surface area (Å²) in [6.45, 7) is 3.51. The largest absolute Gasteiger partial charge is 0.463 e. The van der Waals surface area contributed by atoms with Crippen LogP contribution in [0.15, 0.2) is 89.5 Å². The van der Waals surface area contributed by atoms with Gasteiger partial charge in [-0.15, -0.1) is 16.4 Å². The Morgan fingerprint density at radius 1 is 0.971 bits per heavy atom. The minimum absolute atomic E-state index is 0.537. The first-order valence-corrected chi connectivity index (χ1v) is 12.1. The fourth-order valence-electron chi connectivity index (χ4n) is 4.20. The number of urea groups is 1. The van der Waals surface area contributed by atoms with Gasteiger partial charge in [0.1, 0.15) is 11.6 Å². The average Bonchev–Trinajstić information content (AvgIpc) is 3.51. The van der Waals surface area contributed by atoms with Gasteiger partial charge in [-0.1, -0.05) is 66.7 Å². The average molecular weight is 485 g/mol. The zero-order valence-electron chi connectivity index (χ0n) is 19.3. The fourth-order valence-corrected chi connectivity index (χ4v) is 5.30. The zero-order chi connectivity index (χ0) is 24.5.